The largest absolute Gasteiger partial charge is 0.481 e. The van der Waals surface area contributed by atoms with Crippen molar-refractivity contribution in [3.8, 4) is 17.1 Å². The molecule has 1 N–H and O–H groups in total. The number of carboxylic acid groups (broad SMARTS) is 1. The van der Waals surface area contributed by atoms with Gasteiger partial charge in [0.25, 0.3) is 0 Å². The van der Waals surface area contributed by atoms with Gasteiger partial charge < -0.3 is 9.84 Å². The average molecular weight is 358 g/mol. The number of carbonyl (C=O) groups is 1. The standard InChI is InChI=1S/C18H15FN2O3S/c19-15-7-12(1-2-13(15)3-4-18(22)23)10-24-17-9-20-8-16(21-17)14-5-6-25-11-14/h1-2,5-6,8-11H,3-4,7H2,(H,22,23). The van der Waals surface area contributed by atoms with Gasteiger partial charge in [-0.3, -0.25) is 9.78 Å². The number of allylic oxidation sites excluding steroid dienone is 5. The minimum absolute atomic E-state index is 0.0725. The summed E-state index contributed by atoms with van der Waals surface area (Å²) in [5.41, 5.74) is 2.72. The fraction of sp³-hybridized carbons (Fsp3) is 0.167. The maximum Gasteiger partial charge on any atom is 0.303 e. The lowest BCUT2D eigenvalue weighted by atomic mass is 9.99. The minimum Gasteiger partial charge on any atom is -0.481 e. The van der Waals surface area contributed by atoms with E-state index in [0.29, 0.717) is 22.7 Å². The van der Waals surface area contributed by atoms with Crippen molar-refractivity contribution in [3.63, 3.8) is 0 Å². The number of hydrogen-bond donors (Lipinski definition) is 1. The zero-order chi connectivity index (χ0) is 17.6. The predicted octanol–water partition coefficient (Wildman–Crippen LogP) is 4.52. The Balaban J connectivity index is 1.65. The highest BCUT2D eigenvalue weighted by Gasteiger charge is 2.13. The third-order valence-electron chi connectivity index (χ3n) is 3.57. The van der Waals surface area contributed by atoms with Gasteiger partial charge in [-0.05, 0) is 29.0 Å². The molecule has 128 valence electrons. The molecule has 0 unspecified atom stereocenters. The SMILES string of the molecule is O=C(O)CCC1=C(F)CC(=COc2cncc(-c3ccsc3)n2)C=C1. The quantitative estimate of drug-likeness (QED) is 0.769. The first-order chi connectivity index (χ1) is 12.1. The molecule has 0 atom stereocenters. The molecular formula is C18H15FN2O3S. The van der Waals surface area contributed by atoms with E-state index in [1.807, 2.05) is 16.8 Å². The second kappa shape index (κ2) is 7.85. The predicted molar refractivity (Wildman–Crippen MR) is 92.8 cm³/mol. The molecule has 2 aromatic rings. The van der Waals surface area contributed by atoms with Crippen LogP contribution in [-0.4, -0.2) is 21.0 Å². The Morgan fingerprint density at radius 2 is 2.28 bits per heavy atom. The molecule has 0 radical (unpaired) electrons. The van der Waals surface area contributed by atoms with E-state index >= 15 is 0 Å². The van der Waals surface area contributed by atoms with Gasteiger partial charge in [-0.25, -0.2) is 9.37 Å². The van der Waals surface area contributed by atoms with Crippen molar-refractivity contribution < 1.29 is 19.0 Å². The van der Waals surface area contributed by atoms with Crippen molar-refractivity contribution in [2.24, 2.45) is 0 Å². The van der Waals surface area contributed by atoms with Crippen LogP contribution in [0.4, 0.5) is 4.39 Å². The van der Waals surface area contributed by atoms with Crippen molar-refractivity contribution in [3.05, 3.63) is 64.6 Å². The van der Waals surface area contributed by atoms with Crippen LogP contribution in [-0.2, 0) is 4.79 Å². The number of aliphatic carboxylic acids is 1. The Morgan fingerprint density at radius 1 is 1.40 bits per heavy atom. The molecule has 7 heteroatoms. The van der Waals surface area contributed by atoms with Gasteiger partial charge in [-0.15, -0.1) is 0 Å². The summed E-state index contributed by atoms with van der Waals surface area (Å²) >= 11 is 1.57. The molecule has 25 heavy (non-hydrogen) atoms. The third-order valence-corrected chi connectivity index (χ3v) is 4.26. The molecule has 2 aromatic heterocycles. The summed E-state index contributed by atoms with van der Waals surface area (Å²) in [6.45, 7) is 0. The van der Waals surface area contributed by atoms with Crippen molar-refractivity contribution in [1.82, 2.24) is 9.97 Å². The number of halogens is 1. The molecule has 3 rings (SSSR count). The summed E-state index contributed by atoms with van der Waals surface area (Å²) in [6.07, 6.45) is 8.05. The lowest BCUT2D eigenvalue weighted by molar-refractivity contribution is -0.136. The fourth-order valence-corrected chi connectivity index (χ4v) is 2.93. The Bertz CT molecular complexity index is 857. The molecular weight excluding hydrogens is 343 g/mol. The lowest BCUT2D eigenvalue weighted by Gasteiger charge is -2.11. The van der Waals surface area contributed by atoms with E-state index in [0.717, 1.165) is 5.56 Å². The van der Waals surface area contributed by atoms with Gasteiger partial charge in [0.15, 0.2) is 0 Å². The number of hydrogen-bond acceptors (Lipinski definition) is 5. The Kier molecular flexibility index (Phi) is 5.35. The number of ether oxygens (including phenoxy) is 1. The molecule has 5 nitrogen and oxygen atoms in total. The van der Waals surface area contributed by atoms with Crippen LogP contribution in [0.15, 0.2) is 64.6 Å². The van der Waals surface area contributed by atoms with E-state index < -0.39 is 5.97 Å². The maximum atomic E-state index is 14.0. The van der Waals surface area contributed by atoms with Crippen molar-refractivity contribution in [1.29, 1.82) is 0 Å². The molecule has 0 aromatic carbocycles. The van der Waals surface area contributed by atoms with Crippen molar-refractivity contribution in [2.75, 3.05) is 0 Å². The summed E-state index contributed by atoms with van der Waals surface area (Å²) in [5, 5.41) is 12.6. The second-order valence-electron chi connectivity index (χ2n) is 5.40. The van der Waals surface area contributed by atoms with Crippen LogP contribution in [0.25, 0.3) is 11.3 Å². The Labute approximate surface area is 147 Å². The zero-order valence-corrected chi connectivity index (χ0v) is 14.0. The summed E-state index contributed by atoms with van der Waals surface area (Å²) in [6, 6.07) is 1.94. The second-order valence-corrected chi connectivity index (χ2v) is 6.18. The molecule has 2 heterocycles. The highest BCUT2D eigenvalue weighted by Crippen LogP contribution is 2.27. The normalized spacial score (nSPS) is 15.6. The van der Waals surface area contributed by atoms with Gasteiger partial charge in [0.2, 0.25) is 5.88 Å². The van der Waals surface area contributed by atoms with E-state index in [1.165, 1.54) is 12.5 Å². The van der Waals surface area contributed by atoms with Crippen LogP contribution in [0.3, 0.4) is 0 Å². The fourth-order valence-electron chi connectivity index (χ4n) is 2.28. The average Bonchev–Trinajstić information content (AvgIpc) is 3.14. The van der Waals surface area contributed by atoms with E-state index in [1.54, 1.807) is 29.7 Å². The van der Waals surface area contributed by atoms with Crippen LogP contribution < -0.4 is 4.74 Å². The van der Waals surface area contributed by atoms with Crippen LogP contribution in [0.5, 0.6) is 5.88 Å². The molecule has 0 fully saturated rings. The number of rotatable bonds is 6. The summed E-state index contributed by atoms with van der Waals surface area (Å²) in [7, 11) is 0. The van der Waals surface area contributed by atoms with Gasteiger partial charge in [-0.2, -0.15) is 11.3 Å². The van der Waals surface area contributed by atoms with E-state index in [9.17, 15) is 9.18 Å². The van der Waals surface area contributed by atoms with Crippen molar-refractivity contribution in [2.45, 2.75) is 19.3 Å². The molecule has 0 aliphatic heterocycles. The summed E-state index contributed by atoms with van der Waals surface area (Å²) in [4.78, 5) is 19.0. The highest BCUT2D eigenvalue weighted by molar-refractivity contribution is 7.08. The topological polar surface area (TPSA) is 72.3 Å². The number of thiophene rings is 1. The maximum absolute atomic E-state index is 14.0. The van der Waals surface area contributed by atoms with E-state index in [2.05, 4.69) is 9.97 Å². The molecule has 0 saturated heterocycles. The minimum atomic E-state index is -0.942. The summed E-state index contributed by atoms with van der Waals surface area (Å²) < 4.78 is 19.5. The van der Waals surface area contributed by atoms with Crippen LogP contribution in [0.1, 0.15) is 19.3 Å². The van der Waals surface area contributed by atoms with Gasteiger partial charge in [0, 0.05) is 23.8 Å². The first kappa shape index (κ1) is 17.0. The van der Waals surface area contributed by atoms with E-state index in [4.69, 9.17) is 9.84 Å². The van der Waals surface area contributed by atoms with Crippen LogP contribution in [0, 0.1) is 0 Å². The monoisotopic (exact) mass is 358 g/mol. The number of nitrogens with zero attached hydrogens (tertiary/aromatic N) is 2. The third kappa shape index (κ3) is 4.60. The molecule has 0 amide bonds. The number of carboxylic acids is 1. The summed E-state index contributed by atoms with van der Waals surface area (Å²) in [5.74, 6) is -0.954. The molecule has 1 aliphatic rings. The van der Waals surface area contributed by atoms with Crippen molar-refractivity contribution >= 4 is 17.3 Å². The van der Waals surface area contributed by atoms with E-state index in [-0.39, 0.29) is 25.1 Å². The van der Waals surface area contributed by atoms with Gasteiger partial charge >= 0.3 is 5.97 Å². The van der Waals surface area contributed by atoms with Crippen LogP contribution in [0.2, 0.25) is 0 Å². The highest BCUT2D eigenvalue weighted by atomic mass is 32.1. The first-order valence-electron chi connectivity index (χ1n) is 7.59. The Hall–Kier alpha value is -2.80. The molecule has 0 bridgehead atoms. The number of aromatic nitrogens is 2. The zero-order valence-electron chi connectivity index (χ0n) is 13.2. The Morgan fingerprint density at radius 3 is 3.00 bits per heavy atom. The van der Waals surface area contributed by atoms with Crippen LogP contribution >= 0.6 is 11.3 Å². The van der Waals surface area contributed by atoms with Gasteiger partial charge in [-0.1, -0.05) is 12.2 Å². The molecule has 0 spiro atoms. The molecule has 1 aliphatic carbocycles. The van der Waals surface area contributed by atoms with Gasteiger partial charge in [0.05, 0.1) is 24.3 Å². The molecule has 0 saturated carbocycles. The lowest BCUT2D eigenvalue weighted by Crippen LogP contribution is -2.00. The smallest absolute Gasteiger partial charge is 0.303 e. The first-order valence-corrected chi connectivity index (χ1v) is 8.54. The van der Waals surface area contributed by atoms with Gasteiger partial charge in [0.1, 0.15) is 5.83 Å².